The van der Waals surface area contributed by atoms with Crippen molar-refractivity contribution in [2.75, 3.05) is 12.4 Å². The minimum atomic E-state index is 0.486. The molecule has 2 aromatic rings. The summed E-state index contributed by atoms with van der Waals surface area (Å²) in [5.74, 6) is 1.82. The van der Waals surface area contributed by atoms with Crippen molar-refractivity contribution in [2.24, 2.45) is 0 Å². The normalized spacial score (nSPS) is 10.3. The summed E-state index contributed by atoms with van der Waals surface area (Å²) in [6, 6.07) is 10.2. The Morgan fingerprint density at radius 2 is 1.79 bits per heavy atom. The molecule has 100 valence electrons. The summed E-state index contributed by atoms with van der Waals surface area (Å²) in [5.41, 5.74) is 4.52. The second-order valence-corrected chi connectivity index (χ2v) is 4.78. The molecule has 1 N–H and O–H groups in total. The first-order valence-corrected chi connectivity index (χ1v) is 6.44. The van der Waals surface area contributed by atoms with Crippen LogP contribution in [0.25, 0.3) is 0 Å². The van der Waals surface area contributed by atoms with Crippen molar-refractivity contribution in [3.8, 4) is 5.75 Å². The highest BCUT2D eigenvalue weighted by Crippen LogP contribution is 2.25. The molecule has 1 heterocycles. The van der Waals surface area contributed by atoms with Gasteiger partial charge in [-0.3, -0.25) is 0 Å². The van der Waals surface area contributed by atoms with Crippen LogP contribution in [-0.4, -0.2) is 12.0 Å². The molecule has 3 heteroatoms. The van der Waals surface area contributed by atoms with Gasteiger partial charge in [0.25, 0.3) is 0 Å². The first kappa shape index (κ1) is 13.4. The summed E-state index contributed by atoms with van der Waals surface area (Å²) in [7, 11) is 1.86. The van der Waals surface area contributed by atoms with E-state index in [1.54, 1.807) is 0 Å². The lowest BCUT2D eigenvalue weighted by Gasteiger charge is -2.13. The monoisotopic (exact) mass is 256 g/mol. The third kappa shape index (κ3) is 3.25. The fraction of sp³-hybridized carbons (Fsp3) is 0.312. The third-order valence-corrected chi connectivity index (χ3v) is 3.03. The summed E-state index contributed by atoms with van der Waals surface area (Å²) in [4.78, 5) is 4.45. The molecule has 0 unspecified atom stereocenters. The van der Waals surface area contributed by atoms with Crippen LogP contribution in [0.15, 0.2) is 30.3 Å². The molecular weight excluding hydrogens is 236 g/mol. The molecule has 0 atom stereocenters. The molecule has 0 amide bonds. The molecule has 19 heavy (non-hydrogen) atoms. The van der Waals surface area contributed by atoms with Crippen LogP contribution in [0, 0.1) is 20.8 Å². The molecule has 0 radical (unpaired) electrons. The quantitative estimate of drug-likeness (QED) is 0.907. The largest absolute Gasteiger partial charge is 0.487 e. The van der Waals surface area contributed by atoms with E-state index in [1.807, 2.05) is 25.2 Å². The fourth-order valence-corrected chi connectivity index (χ4v) is 2.24. The number of nitrogens with one attached hydrogen (secondary N) is 1. The standard InChI is InChI=1S/C16H20N2O/c1-11-8-12(2)16(13(3)9-11)19-10-14-6-5-7-15(17-4)18-14/h5-9H,10H2,1-4H3,(H,17,18). The zero-order chi connectivity index (χ0) is 13.8. The summed E-state index contributed by atoms with van der Waals surface area (Å²) in [6.07, 6.45) is 0. The maximum absolute atomic E-state index is 5.92. The second kappa shape index (κ2) is 5.74. The number of anilines is 1. The highest BCUT2D eigenvalue weighted by molar-refractivity contribution is 5.43. The van der Waals surface area contributed by atoms with Gasteiger partial charge in [-0.15, -0.1) is 0 Å². The van der Waals surface area contributed by atoms with Crippen LogP contribution in [0.5, 0.6) is 5.75 Å². The van der Waals surface area contributed by atoms with Gasteiger partial charge < -0.3 is 10.1 Å². The van der Waals surface area contributed by atoms with Crippen molar-refractivity contribution in [3.63, 3.8) is 0 Å². The van der Waals surface area contributed by atoms with E-state index in [9.17, 15) is 0 Å². The third-order valence-electron chi connectivity index (χ3n) is 3.03. The van der Waals surface area contributed by atoms with Gasteiger partial charge in [-0.05, 0) is 44.0 Å². The maximum atomic E-state index is 5.92. The molecule has 0 bridgehead atoms. The van der Waals surface area contributed by atoms with Gasteiger partial charge >= 0.3 is 0 Å². The van der Waals surface area contributed by atoms with E-state index < -0.39 is 0 Å². The molecule has 1 aromatic heterocycles. The Kier molecular flexibility index (Phi) is 4.05. The zero-order valence-corrected chi connectivity index (χ0v) is 11.9. The van der Waals surface area contributed by atoms with E-state index in [1.165, 1.54) is 16.7 Å². The predicted octanol–water partition coefficient (Wildman–Crippen LogP) is 3.63. The van der Waals surface area contributed by atoms with Crippen molar-refractivity contribution in [2.45, 2.75) is 27.4 Å². The van der Waals surface area contributed by atoms with Crippen LogP contribution in [0.4, 0.5) is 5.82 Å². The Morgan fingerprint density at radius 1 is 1.11 bits per heavy atom. The van der Waals surface area contributed by atoms with Crippen molar-refractivity contribution < 1.29 is 4.74 Å². The highest BCUT2D eigenvalue weighted by Gasteiger charge is 2.06. The number of hydrogen-bond donors (Lipinski definition) is 1. The Balaban J connectivity index is 2.14. The molecule has 0 aliphatic heterocycles. The fourth-order valence-electron chi connectivity index (χ4n) is 2.24. The van der Waals surface area contributed by atoms with Gasteiger partial charge in [0.1, 0.15) is 18.2 Å². The second-order valence-electron chi connectivity index (χ2n) is 4.78. The van der Waals surface area contributed by atoms with E-state index in [0.29, 0.717) is 6.61 Å². The van der Waals surface area contributed by atoms with Gasteiger partial charge in [0, 0.05) is 7.05 Å². The minimum absolute atomic E-state index is 0.486. The van der Waals surface area contributed by atoms with Crippen LogP contribution in [-0.2, 0) is 6.61 Å². The lowest BCUT2D eigenvalue weighted by atomic mass is 10.1. The summed E-state index contributed by atoms with van der Waals surface area (Å²) < 4.78 is 5.92. The average Bonchev–Trinajstić information content (AvgIpc) is 2.37. The SMILES string of the molecule is CNc1cccc(COc2c(C)cc(C)cc2C)n1. The first-order valence-electron chi connectivity index (χ1n) is 6.44. The van der Waals surface area contributed by atoms with Crippen molar-refractivity contribution in [3.05, 3.63) is 52.7 Å². The van der Waals surface area contributed by atoms with E-state index in [0.717, 1.165) is 17.3 Å². The van der Waals surface area contributed by atoms with E-state index >= 15 is 0 Å². The van der Waals surface area contributed by atoms with Gasteiger partial charge in [0.2, 0.25) is 0 Å². The molecule has 0 aliphatic rings. The lowest BCUT2D eigenvalue weighted by Crippen LogP contribution is -2.03. The number of aryl methyl sites for hydroxylation is 3. The summed E-state index contributed by atoms with van der Waals surface area (Å²) in [5, 5.41) is 3.03. The van der Waals surface area contributed by atoms with E-state index in [-0.39, 0.29) is 0 Å². The number of hydrogen-bond acceptors (Lipinski definition) is 3. The average molecular weight is 256 g/mol. The van der Waals surface area contributed by atoms with Crippen LogP contribution in [0.3, 0.4) is 0 Å². The van der Waals surface area contributed by atoms with Gasteiger partial charge in [0.15, 0.2) is 0 Å². The van der Waals surface area contributed by atoms with Crippen molar-refractivity contribution in [1.82, 2.24) is 4.98 Å². The minimum Gasteiger partial charge on any atom is -0.487 e. The molecule has 0 spiro atoms. The Bertz CT molecular complexity index is 556. The molecule has 3 nitrogen and oxygen atoms in total. The van der Waals surface area contributed by atoms with E-state index in [2.05, 4.69) is 43.2 Å². The Labute approximate surface area is 114 Å². The number of pyridine rings is 1. The smallest absolute Gasteiger partial charge is 0.130 e. The Hall–Kier alpha value is -2.03. The van der Waals surface area contributed by atoms with Crippen LogP contribution >= 0.6 is 0 Å². The molecule has 0 saturated heterocycles. The summed E-state index contributed by atoms with van der Waals surface area (Å²) >= 11 is 0. The van der Waals surface area contributed by atoms with Crippen molar-refractivity contribution in [1.29, 1.82) is 0 Å². The first-order chi connectivity index (χ1) is 9.10. The van der Waals surface area contributed by atoms with Crippen LogP contribution in [0.2, 0.25) is 0 Å². The molecule has 0 fully saturated rings. The molecule has 1 aromatic carbocycles. The van der Waals surface area contributed by atoms with E-state index in [4.69, 9.17) is 4.74 Å². The number of rotatable bonds is 4. The number of benzene rings is 1. The highest BCUT2D eigenvalue weighted by atomic mass is 16.5. The van der Waals surface area contributed by atoms with Crippen molar-refractivity contribution >= 4 is 5.82 Å². The Morgan fingerprint density at radius 3 is 2.42 bits per heavy atom. The van der Waals surface area contributed by atoms with Gasteiger partial charge in [-0.2, -0.15) is 0 Å². The molecule has 2 rings (SSSR count). The van der Waals surface area contributed by atoms with Gasteiger partial charge in [0.05, 0.1) is 5.69 Å². The summed E-state index contributed by atoms with van der Waals surface area (Å²) in [6.45, 7) is 6.74. The zero-order valence-electron chi connectivity index (χ0n) is 11.9. The topological polar surface area (TPSA) is 34.1 Å². The molecule has 0 aliphatic carbocycles. The van der Waals surface area contributed by atoms with Crippen LogP contribution < -0.4 is 10.1 Å². The van der Waals surface area contributed by atoms with Gasteiger partial charge in [-0.25, -0.2) is 4.98 Å². The number of aromatic nitrogens is 1. The molecule has 0 saturated carbocycles. The lowest BCUT2D eigenvalue weighted by molar-refractivity contribution is 0.297. The van der Waals surface area contributed by atoms with Crippen LogP contribution in [0.1, 0.15) is 22.4 Å². The maximum Gasteiger partial charge on any atom is 0.130 e. The van der Waals surface area contributed by atoms with Gasteiger partial charge in [-0.1, -0.05) is 23.8 Å². The predicted molar refractivity (Wildman–Crippen MR) is 78.8 cm³/mol. The number of ether oxygens (including phenoxy) is 1. The molecular formula is C16H20N2O. The number of nitrogens with zero attached hydrogens (tertiary/aromatic N) is 1.